The van der Waals surface area contributed by atoms with Crippen LogP contribution in [0.25, 0.3) is 0 Å². The van der Waals surface area contributed by atoms with Gasteiger partial charge in [0.05, 0.1) is 11.3 Å². The van der Waals surface area contributed by atoms with Crippen LogP contribution in [0.1, 0.15) is 22.2 Å². The van der Waals surface area contributed by atoms with Crippen molar-refractivity contribution in [3.05, 3.63) is 15.8 Å². The fourth-order valence-electron chi connectivity index (χ4n) is 0.944. The first-order chi connectivity index (χ1) is 6.02. The zero-order chi connectivity index (χ0) is 10.0. The van der Waals surface area contributed by atoms with E-state index in [4.69, 9.17) is 5.11 Å². The monoisotopic (exact) mass is 199 g/mol. The molecule has 4 nitrogen and oxygen atoms in total. The molecular weight excluding hydrogens is 190 g/mol. The molecule has 0 atom stereocenters. The minimum absolute atomic E-state index is 0.151. The van der Waals surface area contributed by atoms with Crippen molar-refractivity contribution in [1.29, 1.82) is 0 Å². The molecule has 1 heterocycles. The van der Waals surface area contributed by atoms with Gasteiger partial charge in [0, 0.05) is 17.2 Å². The number of aryl methyl sites for hydroxylation is 1. The van der Waals surface area contributed by atoms with Gasteiger partial charge in [-0.25, -0.2) is 4.79 Å². The summed E-state index contributed by atoms with van der Waals surface area (Å²) in [5, 5.41) is 12.8. The molecule has 0 saturated heterocycles. The molecule has 70 valence electrons. The third kappa shape index (κ3) is 2.06. The smallest absolute Gasteiger partial charge is 0.338 e. The fraction of sp³-hybridized carbons (Fsp3) is 0.250. The lowest BCUT2D eigenvalue weighted by Crippen LogP contribution is -2.09. The summed E-state index contributed by atoms with van der Waals surface area (Å²) in [6.45, 7) is 3.12. The Morgan fingerprint density at radius 2 is 2.15 bits per heavy atom. The van der Waals surface area contributed by atoms with Crippen LogP contribution < -0.4 is 5.32 Å². The number of hydrogen-bond acceptors (Lipinski definition) is 3. The van der Waals surface area contributed by atoms with Gasteiger partial charge >= 0.3 is 5.97 Å². The molecule has 5 heteroatoms. The Morgan fingerprint density at radius 1 is 1.54 bits per heavy atom. The van der Waals surface area contributed by atoms with Crippen molar-refractivity contribution in [2.75, 3.05) is 5.32 Å². The summed E-state index contributed by atoms with van der Waals surface area (Å²) >= 11 is 1.31. The number of carboxylic acid groups (broad SMARTS) is 1. The van der Waals surface area contributed by atoms with E-state index in [1.54, 1.807) is 6.92 Å². The number of thiophene rings is 1. The lowest BCUT2D eigenvalue weighted by molar-refractivity contribution is -0.114. The van der Waals surface area contributed by atoms with Gasteiger partial charge in [0.1, 0.15) is 0 Å². The molecule has 1 rings (SSSR count). The van der Waals surface area contributed by atoms with Crippen LogP contribution in [-0.2, 0) is 4.79 Å². The molecule has 0 unspecified atom stereocenters. The number of carbonyl (C=O) groups is 2. The zero-order valence-corrected chi connectivity index (χ0v) is 8.07. The van der Waals surface area contributed by atoms with Crippen molar-refractivity contribution >= 4 is 28.9 Å². The highest BCUT2D eigenvalue weighted by Crippen LogP contribution is 2.27. The predicted molar refractivity (Wildman–Crippen MR) is 50.3 cm³/mol. The van der Waals surface area contributed by atoms with Gasteiger partial charge in [-0.05, 0) is 6.92 Å². The van der Waals surface area contributed by atoms with E-state index >= 15 is 0 Å². The van der Waals surface area contributed by atoms with Gasteiger partial charge in [0.15, 0.2) is 0 Å². The number of amides is 1. The summed E-state index contributed by atoms with van der Waals surface area (Å²) in [6, 6.07) is 0. The Kier molecular flexibility index (Phi) is 2.67. The van der Waals surface area contributed by atoms with Crippen molar-refractivity contribution in [3.8, 4) is 0 Å². The zero-order valence-electron chi connectivity index (χ0n) is 7.25. The molecule has 0 radical (unpaired) electrons. The lowest BCUT2D eigenvalue weighted by atomic mass is 10.2. The Morgan fingerprint density at radius 3 is 2.62 bits per heavy atom. The summed E-state index contributed by atoms with van der Waals surface area (Å²) < 4.78 is 0. The normalized spacial score (nSPS) is 9.69. The second kappa shape index (κ2) is 3.57. The maximum absolute atomic E-state index is 10.7. The van der Waals surface area contributed by atoms with E-state index in [9.17, 15) is 9.59 Å². The molecule has 1 amide bonds. The van der Waals surface area contributed by atoms with Crippen LogP contribution in [0.2, 0.25) is 0 Å². The van der Waals surface area contributed by atoms with E-state index in [2.05, 4.69) is 5.32 Å². The molecule has 13 heavy (non-hydrogen) atoms. The number of hydrogen-bond donors (Lipinski definition) is 2. The van der Waals surface area contributed by atoms with E-state index in [1.165, 1.54) is 23.6 Å². The Labute approximate surface area is 79.2 Å². The molecule has 1 aromatic rings. The number of anilines is 1. The molecule has 0 aromatic carbocycles. The van der Waals surface area contributed by atoms with E-state index in [0.717, 1.165) is 4.88 Å². The van der Waals surface area contributed by atoms with Crippen LogP contribution in [0.3, 0.4) is 0 Å². The van der Waals surface area contributed by atoms with Crippen LogP contribution in [-0.4, -0.2) is 17.0 Å². The van der Waals surface area contributed by atoms with Crippen LogP contribution in [0.4, 0.5) is 5.69 Å². The largest absolute Gasteiger partial charge is 0.478 e. The molecule has 0 saturated carbocycles. The van der Waals surface area contributed by atoms with Gasteiger partial charge in [0.25, 0.3) is 0 Å². The average molecular weight is 199 g/mol. The van der Waals surface area contributed by atoms with E-state index in [1.807, 2.05) is 0 Å². The first-order valence-corrected chi connectivity index (χ1v) is 4.49. The molecule has 0 spiro atoms. The lowest BCUT2D eigenvalue weighted by Gasteiger charge is -2.01. The predicted octanol–water partition coefficient (Wildman–Crippen LogP) is 1.71. The second-order valence-corrected chi connectivity index (χ2v) is 3.65. The quantitative estimate of drug-likeness (QED) is 0.762. The third-order valence-corrected chi connectivity index (χ3v) is 2.42. The number of aromatic carboxylic acids is 1. The van der Waals surface area contributed by atoms with E-state index < -0.39 is 5.97 Å². The minimum Gasteiger partial charge on any atom is -0.478 e. The molecule has 2 N–H and O–H groups in total. The molecular formula is C8H9NO3S. The molecule has 0 aliphatic heterocycles. The summed E-state index contributed by atoms with van der Waals surface area (Å²) in [6.07, 6.45) is 0. The van der Waals surface area contributed by atoms with Gasteiger partial charge in [-0.3, -0.25) is 4.79 Å². The highest BCUT2D eigenvalue weighted by molar-refractivity contribution is 7.10. The highest BCUT2D eigenvalue weighted by Gasteiger charge is 2.15. The number of carbonyl (C=O) groups excluding carboxylic acids is 1. The summed E-state index contributed by atoms with van der Waals surface area (Å²) in [7, 11) is 0. The van der Waals surface area contributed by atoms with Gasteiger partial charge < -0.3 is 10.4 Å². The second-order valence-electron chi connectivity index (χ2n) is 2.57. The Hall–Kier alpha value is -1.36. The maximum Gasteiger partial charge on any atom is 0.338 e. The van der Waals surface area contributed by atoms with Gasteiger partial charge in [-0.1, -0.05) is 0 Å². The molecule has 0 fully saturated rings. The van der Waals surface area contributed by atoms with Crippen LogP contribution in [0.5, 0.6) is 0 Å². The molecule has 1 aromatic heterocycles. The van der Waals surface area contributed by atoms with Crippen LogP contribution >= 0.6 is 11.3 Å². The first-order valence-electron chi connectivity index (χ1n) is 3.61. The van der Waals surface area contributed by atoms with Gasteiger partial charge in [-0.2, -0.15) is 0 Å². The van der Waals surface area contributed by atoms with Crippen molar-refractivity contribution in [1.82, 2.24) is 0 Å². The van der Waals surface area contributed by atoms with E-state index in [0.29, 0.717) is 5.69 Å². The van der Waals surface area contributed by atoms with Crippen molar-refractivity contribution in [2.45, 2.75) is 13.8 Å². The average Bonchev–Trinajstić information content (AvgIpc) is 2.32. The maximum atomic E-state index is 10.7. The van der Waals surface area contributed by atoms with Gasteiger partial charge in [0.2, 0.25) is 5.91 Å². The molecule has 0 aliphatic carbocycles. The van der Waals surface area contributed by atoms with Crippen molar-refractivity contribution in [3.63, 3.8) is 0 Å². The highest BCUT2D eigenvalue weighted by atomic mass is 32.1. The third-order valence-electron chi connectivity index (χ3n) is 1.51. The number of carboxylic acids is 1. The SMILES string of the molecule is CC(=O)Nc1c(C(=O)O)csc1C. The summed E-state index contributed by atoms with van der Waals surface area (Å²) in [4.78, 5) is 22.2. The van der Waals surface area contributed by atoms with Crippen LogP contribution in [0.15, 0.2) is 5.38 Å². The Bertz CT molecular complexity index is 356. The van der Waals surface area contributed by atoms with Crippen LogP contribution in [0, 0.1) is 6.92 Å². The summed E-state index contributed by atoms with van der Waals surface area (Å²) in [5.74, 6) is -1.28. The summed E-state index contributed by atoms with van der Waals surface area (Å²) in [5.41, 5.74) is 0.558. The topological polar surface area (TPSA) is 66.4 Å². The Balaban J connectivity index is 3.08. The first kappa shape index (κ1) is 9.73. The molecule has 0 aliphatic rings. The fourth-order valence-corrected chi connectivity index (χ4v) is 1.74. The minimum atomic E-state index is -1.02. The molecule has 0 bridgehead atoms. The van der Waals surface area contributed by atoms with E-state index in [-0.39, 0.29) is 11.5 Å². The van der Waals surface area contributed by atoms with Crippen molar-refractivity contribution in [2.24, 2.45) is 0 Å². The van der Waals surface area contributed by atoms with Crippen molar-refractivity contribution < 1.29 is 14.7 Å². The van der Waals surface area contributed by atoms with Gasteiger partial charge in [-0.15, -0.1) is 11.3 Å². The number of nitrogens with one attached hydrogen (secondary N) is 1. The number of rotatable bonds is 2. The standard InChI is InChI=1S/C8H9NO3S/c1-4-7(9-5(2)10)6(3-13-4)8(11)12/h3H,1-2H3,(H,9,10)(H,11,12).